The molecule has 1 saturated heterocycles. The third-order valence-corrected chi connectivity index (χ3v) is 5.52. The Morgan fingerprint density at radius 1 is 1.10 bits per heavy atom. The molecule has 0 aliphatic carbocycles. The number of nitrogens with zero attached hydrogens (tertiary/aromatic N) is 3. The highest BCUT2D eigenvalue weighted by Crippen LogP contribution is 2.26. The Balaban J connectivity index is 1.63. The van der Waals surface area contributed by atoms with Crippen LogP contribution in [0.5, 0.6) is 11.6 Å². The van der Waals surface area contributed by atoms with Gasteiger partial charge in [0.25, 0.3) is 5.56 Å². The van der Waals surface area contributed by atoms with Crippen LogP contribution in [0.2, 0.25) is 0 Å². The normalized spacial score (nSPS) is 15.0. The minimum atomic E-state index is -0.275. The lowest BCUT2D eigenvalue weighted by molar-refractivity contribution is 0.0377. The van der Waals surface area contributed by atoms with Gasteiger partial charge in [0.15, 0.2) is 0 Å². The summed E-state index contributed by atoms with van der Waals surface area (Å²) in [6.45, 7) is 5.11. The second-order valence-electron chi connectivity index (χ2n) is 7.46. The maximum absolute atomic E-state index is 13.1. The molecule has 0 radical (unpaired) electrons. The van der Waals surface area contributed by atoms with E-state index in [0.29, 0.717) is 34.3 Å². The number of morpholine rings is 1. The summed E-state index contributed by atoms with van der Waals surface area (Å²) in [4.78, 5) is 20.0. The molecule has 7 nitrogen and oxygen atoms in total. The molecule has 1 N–H and O–H groups in total. The standard InChI is InChI=1S/C24H27N3O4/c1-30-19-9-7-18(8-10-19)27-23(28)21-6-3-2-5-20(21)22(24(27)29)17-25-11-4-12-26-13-15-31-16-14-26/h2-3,5-10,17,29H,4,11-16H2,1H3. The predicted molar refractivity (Wildman–Crippen MR) is 122 cm³/mol. The molecule has 3 aromatic rings. The van der Waals surface area contributed by atoms with Crippen LogP contribution in [0.1, 0.15) is 12.0 Å². The fourth-order valence-electron chi connectivity index (χ4n) is 3.83. The highest BCUT2D eigenvalue weighted by molar-refractivity contribution is 6.01. The van der Waals surface area contributed by atoms with E-state index in [2.05, 4.69) is 9.89 Å². The van der Waals surface area contributed by atoms with E-state index in [1.54, 1.807) is 43.7 Å². The number of rotatable bonds is 7. The molecule has 0 unspecified atom stereocenters. The zero-order valence-corrected chi connectivity index (χ0v) is 17.7. The number of hydrogen-bond acceptors (Lipinski definition) is 6. The van der Waals surface area contributed by atoms with Gasteiger partial charge < -0.3 is 14.6 Å². The van der Waals surface area contributed by atoms with Crippen molar-refractivity contribution in [3.8, 4) is 17.3 Å². The zero-order valence-electron chi connectivity index (χ0n) is 17.7. The molecular weight excluding hydrogens is 394 g/mol. The van der Waals surface area contributed by atoms with Gasteiger partial charge in [-0.05, 0) is 36.8 Å². The minimum absolute atomic E-state index is 0.120. The van der Waals surface area contributed by atoms with Gasteiger partial charge in [0.05, 0.1) is 31.6 Å². The topological polar surface area (TPSA) is 76.3 Å². The molecule has 0 atom stereocenters. The number of hydrogen-bond donors (Lipinski definition) is 1. The van der Waals surface area contributed by atoms with Crippen LogP contribution in [-0.2, 0) is 4.74 Å². The lowest BCUT2D eigenvalue weighted by atomic mass is 10.1. The van der Waals surface area contributed by atoms with Gasteiger partial charge in [-0.25, -0.2) is 4.57 Å². The molecule has 0 amide bonds. The van der Waals surface area contributed by atoms with Crippen LogP contribution in [0, 0.1) is 0 Å². The number of methoxy groups -OCH3 is 1. The van der Waals surface area contributed by atoms with E-state index in [1.807, 2.05) is 18.2 Å². The first-order valence-electron chi connectivity index (χ1n) is 10.5. The van der Waals surface area contributed by atoms with Crippen molar-refractivity contribution in [2.24, 2.45) is 4.99 Å². The van der Waals surface area contributed by atoms with Crippen molar-refractivity contribution in [3.05, 3.63) is 64.4 Å². The van der Waals surface area contributed by atoms with E-state index < -0.39 is 0 Å². The van der Waals surface area contributed by atoms with E-state index in [1.165, 1.54) is 4.57 Å². The Morgan fingerprint density at radius 2 is 1.81 bits per heavy atom. The van der Waals surface area contributed by atoms with Crippen LogP contribution in [-0.4, -0.2) is 67.3 Å². The van der Waals surface area contributed by atoms with Crippen molar-refractivity contribution >= 4 is 17.0 Å². The van der Waals surface area contributed by atoms with Crippen LogP contribution < -0.4 is 10.3 Å². The number of benzene rings is 2. The summed E-state index contributed by atoms with van der Waals surface area (Å²) in [5.41, 5.74) is 0.830. The minimum Gasteiger partial charge on any atom is -0.497 e. The van der Waals surface area contributed by atoms with Gasteiger partial charge in [-0.15, -0.1) is 0 Å². The second kappa shape index (κ2) is 9.76. The highest BCUT2D eigenvalue weighted by atomic mass is 16.5. The van der Waals surface area contributed by atoms with Gasteiger partial charge >= 0.3 is 0 Å². The fraction of sp³-hybridized carbons (Fsp3) is 0.333. The van der Waals surface area contributed by atoms with E-state index in [9.17, 15) is 9.90 Å². The van der Waals surface area contributed by atoms with Crippen molar-refractivity contribution in [1.29, 1.82) is 0 Å². The molecule has 2 aromatic carbocycles. The number of pyridine rings is 1. The lowest BCUT2D eigenvalue weighted by Crippen LogP contribution is -2.37. The predicted octanol–water partition coefficient (Wildman–Crippen LogP) is 2.85. The molecule has 0 spiro atoms. The van der Waals surface area contributed by atoms with Gasteiger partial charge in [0.2, 0.25) is 5.88 Å². The summed E-state index contributed by atoms with van der Waals surface area (Å²) in [7, 11) is 1.59. The lowest BCUT2D eigenvalue weighted by Gasteiger charge is -2.26. The van der Waals surface area contributed by atoms with Gasteiger partial charge in [-0.1, -0.05) is 18.2 Å². The first-order valence-corrected chi connectivity index (χ1v) is 10.5. The number of ether oxygens (including phenoxy) is 2. The summed E-state index contributed by atoms with van der Waals surface area (Å²) < 4.78 is 11.9. The monoisotopic (exact) mass is 421 g/mol. The molecular formula is C24H27N3O4. The van der Waals surface area contributed by atoms with E-state index in [0.717, 1.165) is 39.3 Å². The summed E-state index contributed by atoms with van der Waals surface area (Å²) in [5.74, 6) is 0.560. The van der Waals surface area contributed by atoms with Crippen LogP contribution >= 0.6 is 0 Å². The smallest absolute Gasteiger partial charge is 0.265 e. The zero-order chi connectivity index (χ0) is 21.6. The summed E-state index contributed by atoms with van der Waals surface area (Å²) in [5, 5.41) is 12.2. The van der Waals surface area contributed by atoms with Gasteiger partial charge in [-0.3, -0.25) is 14.7 Å². The van der Waals surface area contributed by atoms with Crippen molar-refractivity contribution < 1.29 is 14.6 Å². The number of aliphatic imine (C=N–C) groups is 1. The molecule has 1 aliphatic rings. The van der Waals surface area contributed by atoms with Crippen molar-refractivity contribution in [2.75, 3.05) is 46.5 Å². The Hall–Kier alpha value is -3.16. The van der Waals surface area contributed by atoms with Crippen molar-refractivity contribution in [1.82, 2.24) is 9.47 Å². The Labute approximate surface area is 181 Å². The summed E-state index contributed by atoms with van der Waals surface area (Å²) in [6, 6.07) is 14.3. The first kappa shape index (κ1) is 21.1. The Bertz CT molecular complexity index is 1120. The molecule has 162 valence electrons. The molecule has 4 rings (SSSR count). The van der Waals surface area contributed by atoms with Gasteiger partial charge in [0.1, 0.15) is 5.75 Å². The Kier molecular flexibility index (Phi) is 6.64. The first-order chi connectivity index (χ1) is 15.2. The molecule has 0 bridgehead atoms. The van der Waals surface area contributed by atoms with Gasteiger partial charge in [0, 0.05) is 43.2 Å². The highest BCUT2D eigenvalue weighted by Gasteiger charge is 2.16. The molecule has 1 aliphatic heterocycles. The third kappa shape index (κ3) is 4.62. The molecule has 7 heteroatoms. The van der Waals surface area contributed by atoms with E-state index in [4.69, 9.17) is 9.47 Å². The quantitative estimate of drug-likeness (QED) is 0.469. The average Bonchev–Trinajstić information content (AvgIpc) is 2.82. The van der Waals surface area contributed by atoms with E-state index >= 15 is 0 Å². The molecule has 2 heterocycles. The summed E-state index contributed by atoms with van der Waals surface area (Å²) >= 11 is 0. The maximum Gasteiger partial charge on any atom is 0.265 e. The maximum atomic E-state index is 13.1. The van der Waals surface area contributed by atoms with E-state index in [-0.39, 0.29) is 11.4 Å². The van der Waals surface area contributed by atoms with Gasteiger partial charge in [-0.2, -0.15) is 0 Å². The third-order valence-electron chi connectivity index (χ3n) is 5.52. The van der Waals surface area contributed by atoms with Crippen molar-refractivity contribution in [3.63, 3.8) is 0 Å². The van der Waals surface area contributed by atoms with Crippen molar-refractivity contribution in [2.45, 2.75) is 6.42 Å². The molecule has 1 fully saturated rings. The summed E-state index contributed by atoms with van der Waals surface area (Å²) in [6.07, 6.45) is 2.60. The second-order valence-corrected chi connectivity index (χ2v) is 7.46. The van der Waals surface area contributed by atoms with Crippen LogP contribution in [0.15, 0.2) is 58.3 Å². The molecule has 31 heavy (non-hydrogen) atoms. The molecule has 0 saturated carbocycles. The van der Waals surface area contributed by atoms with Crippen LogP contribution in [0.4, 0.5) is 0 Å². The number of aromatic nitrogens is 1. The van der Waals surface area contributed by atoms with Crippen LogP contribution in [0.25, 0.3) is 16.5 Å². The number of fused-ring (bicyclic) bond motifs is 1. The largest absolute Gasteiger partial charge is 0.497 e. The average molecular weight is 421 g/mol. The fourth-order valence-corrected chi connectivity index (χ4v) is 3.83. The SMILES string of the molecule is COc1ccc(-n2c(O)c(C=NCCCN3CCOCC3)c3ccccc3c2=O)cc1. The Morgan fingerprint density at radius 3 is 2.52 bits per heavy atom. The molecule has 1 aromatic heterocycles. The number of aromatic hydroxyl groups is 1. The van der Waals surface area contributed by atoms with Crippen LogP contribution in [0.3, 0.4) is 0 Å².